The fourth-order valence-electron chi connectivity index (χ4n) is 1.81. The first-order chi connectivity index (χ1) is 9.91. The molecule has 0 saturated heterocycles. The summed E-state index contributed by atoms with van der Waals surface area (Å²) in [5.41, 5.74) is 0.593. The highest BCUT2D eigenvalue weighted by Crippen LogP contribution is 2.34. The first kappa shape index (κ1) is 15.0. The number of benzene rings is 2. The highest BCUT2D eigenvalue weighted by Gasteiger charge is 2.21. The van der Waals surface area contributed by atoms with E-state index in [0.717, 1.165) is 5.56 Å². The Labute approximate surface area is 128 Å². The number of aryl methyl sites for hydroxylation is 1. The largest absolute Gasteiger partial charge is 0.505 e. The van der Waals surface area contributed by atoms with E-state index in [1.807, 2.05) is 13.0 Å². The smallest absolute Gasteiger partial charge is 0.296 e. The van der Waals surface area contributed by atoms with Crippen molar-refractivity contribution < 1.29 is 14.8 Å². The number of nitrogens with one attached hydrogen (secondary N) is 1. The molecule has 0 spiro atoms. The zero-order chi connectivity index (χ0) is 15.6. The minimum absolute atomic E-state index is 0.221. The summed E-state index contributed by atoms with van der Waals surface area (Å²) in [6.07, 6.45) is 0. The van der Waals surface area contributed by atoms with Gasteiger partial charge in [0, 0.05) is 10.5 Å². The molecule has 7 heteroatoms. The van der Waals surface area contributed by atoms with Crippen LogP contribution in [0.15, 0.2) is 40.9 Å². The second-order valence-electron chi connectivity index (χ2n) is 4.32. The number of rotatable bonds is 3. The maximum Gasteiger partial charge on any atom is 0.296 e. The highest BCUT2D eigenvalue weighted by molar-refractivity contribution is 9.10. The minimum Gasteiger partial charge on any atom is -0.505 e. The Kier molecular flexibility index (Phi) is 4.23. The maximum absolute atomic E-state index is 12.2. The van der Waals surface area contributed by atoms with Crippen LogP contribution in [0.2, 0.25) is 0 Å². The summed E-state index contributed by atoms with van der Waals surface area (Å²) < 4.78 is 0.598. The van der Waals surface area contributed by atoms with E-state index >= 15 is 0 Å². The van der Waals surface area contributed by atoms with Gasteiger partial charge in [0.05, 0.1) is 10.5 Å². The fourth-order valence-corrected chi connectivity index (χ4v) is 2.26. The average molecular weight is 351 g/mol. The van der Waals surface area contributed by atoms with E-state index in [-0.39, 0.29) is 17.1 Å². The quantitative estimate of drug-likeness (QED) is 0.502. The topological polar surface area (TPSA) is 92.5 Å². The van der Waals surface area contributed by atoms with E-state index in [9.17, 15) is 20.0 Å². The molecule has 2 aromatic carbocycles. The standard InChI is InChI=1S/C14H11BrN2O4/c1-8-4-2-5-9(12(8)15)14(19)16-13-10(17(20)21)6-3-7-11(13)18/h2-7,18H,1H3,(H,16,19). The van der Waals surface area contributed by atoms with Gasteiger partial charge in [0.25, 0.3) is 11.6 Å². The first-order valence-electron chi connectivity index (χ1n) is 5.94. The van der Waals surface area contributed by atoms with Crippen molar-refractivity contribution in [2.24, 2.45) is 0 Å². The van der Waals surface area contributed by atoms with Crippen molar-refractivity contribution >= 4 is 33.2 Å². The Hall–Kier alpha value is -2.41. The van der Waals surface area contributed by atoms with E-state index in [4.69, 9.17) is 0 Å². The number of carbonyl (C=O) groups is 1. The number of aromatic hydroxyl groups is 1. The van der Waals surface area contributed by atoms with Gasteiger partial charge in [-0.05, 0) is 40.5 Å². The number of hydrogen-bond acceptors (Lipinski definition) is 4. The number of anilines is 1. The monoisotopic (exact) mass is 350 g/mol. The van der Waals surface area contributed by atoms with Crippen molar-refractivity contribution in [1.29, 1.82) is 0 Å². The SMILES string of the molecule is Cc1cccc(C(=O)Nc2c(O)cccc2[N+](=O)[O-])c1Br. The van der Waals surface area contributed by atoms with Crippen LogP contribution < -0.4 is 5.32 Å². The molecule has 0 bridgehead atoms. The summed E-state index contributed by atoms with van der Waals surface area (Å²) >= 11 is 3.30. The predicted octanol–water partition coefficient (Wildman–Crippen LogP) is 3.62. The summed E-state index contributed by atoms with van der Waals surface area (Å²) in [6, 6.07) is 8.93. The van der Waals surface area contributed by atoms with Crippen molar-refractivity contribution in [3.63, 3.8) is 0 Å². The van der Waals surface area contributed by atoms with E-state index in [2.05, 4.69) is 21.2 Å². The molecule has 0 radical (unpaired) electrons. The minimum atomic E-state index is -0.666. The Morgan fingerprint density at radius 1 is 1.29 bits per heavy atom. The molecule has 2 aromatic rings. The zero-order valence-electron chi connectivity index (χ0n) is 11.0. The van der Waals surface area contributed by atoms with Crippen LogP contribution in [0.1, 0.15) is 15.9 Å². The number of phenols is 1. The molecule has 0 unspecified atom stereocenters. The molecule has 2 N–H and O–H groups in total. The summed E-state index contributed by atoms with van der Waals surface area (Å²) in [7, 11) is 0. The lowest BCUT2D eigenvalue weighted by atomic mass is 10.1. The lowest BCUT2D eigenvalue weighted by Crippen LogP contribution is -2.14. The van der Waals surface area contributed by atoms with Gasteiger partial charge < -0.3 is 10.4 Å². The van der Waals surface area contributed by atoms with Crippen LogP contribution in [0, 0.1) is 17.0 Å². The van der Waals surface area contributed by atoms with Crippen molar-refractivity contribution in [3.05, 3.63) is 62.1 Å². The number of nitro groups is 1. The van der Waals surface area contributed by atoms with E-state index in [0.29, 0.717) is 10.0 Å². The lowest BCUT2D eigenvalue weighted by Gasteiger charge is -2.10. The summed E-state index contributed by atoms with van der Waals surface area (Å²) in [6.45, 7) is 1.82. The Morgan fingerprint density at radius 3 is 2.62 bits per heavy atom. The van der Waals surface area contributed by atoms with Crippen LogP contribution in [-0.2, 0) is 0 Å². The van der Waals surface area contributed by atoms with Crippen LogP contribution in [-0.4, -0.2) is 15.9 Å². The number of hydrogen-bond donors (Lipinski definition) is 2. The van der Waals surface area contributed by atoms with Crippen LogP contribution in [0.25, 0.3) is 0 Å². The van der Waals surface area contributed by atoms with Gasteiger partial charge in [0.15, 0.2) is 5.69 Å². The molecule has 1 amide bonds. The summed E-state index contributed by atoms with van der Waals surface area (Å²) in [4.78, 5) is 22.5. The van der Waals surface area contributed by atoms with Crippen molar-refractivity contribution in [1.82, 2.24) is 0 Å². The third-order valence-corrected chi connectivity index (χ3v) is 3.94. The number of amides is 1. The molecule has 21 heavy (non-hydrogen) atoms. The molecule has 0 aliphatic carbocycles. The molecule has 108 valence electrons. The first-order valence-corrected chi connectivity index (χ1v) is 6.74. The van der Waals surface area contributed by atoms with Crippen molar-refractivity contribution in [2.45, 2.75) is 6.92 Å². The molecule has 0 saturated carbocycles. The third-order valence-electron chi connectivity index (χ3n) is 2.89. The third kappa shape index (κ3) is 3.03. The molecule has 6 nitrogen and oxygen atoms in total. The second-order valence-corrected chi connectivity index (χ2v) is 5.11. The number of halogens is 1. The molecule has 0 fully saturated rings. The van der Waals surface area contributed by atoms with E-state index in [1.165, 1.54) is 18.2 Å². The van der Waals surface area contributed by atoms with Gasteiger partial charge in [-0.25, -0.2) is 0 Å². The van der Waals surface area contributed by atoms with Crippen LogP contribution in [0.3, 0.4) is 0 Å². The predicted molar refractivity (Wildman–Crippen MR) is 81.6 cm³/mol. The Bertz CT molecular complexity index is 731. The van der Waals surface area contributed by atoms with Crippen LogP contribution in [0.5, 0.6) is 5.75 Å². The molecule has 0 heterocycles. The van der Waals surface area contributed by atoms with Gasteiger partial charge >= 0.3 is 0 Å². The van der Waals surface area contributed by atoms with E-state index in [1.54, 1.807) is 12.1 Å². The van der Waals surface area contributed by atoms with Crippen LogP contribution in [0.4, 0.5) is 11.4 Å². The Morgan fingerprint density at radius 2 is 1.95 bits per heavy atom. The van der Waals surface area contributed by atoms with Gasteiger partial charge in [-0.1, -0.05) is 18.2 Å². The Balaban J connectivity index is 2.41. The van der Waals surface area contributed by atoms with Crippen LogP contribution >= 0.6 is 15.9 Å². The van der Waals surface area contributed by atoms with Gasteiger partial charge in [-0.3, -0.25) is 14.9 Å². The molecule has 0 aliphatic rings. The van der Waals surface area contributed by atoms with Crippen molar-refractivity contribution in [2.75, 3.05) is 5.32 Å². The lowest BCUT2D eigenvalue weighted by molar-refractivity contribution is -0.384. The highest BCUT2D eigenvalue weighted by atomic mass is 79.9. The number of phenolic OH excluding ortho intramolecular Hbond substituents is 1. The average Bonchev–Trinajstić information content (AvgIpc) is 2.43. The number of nitrogens with zero attached hydrogens (tertiary/aromatic N) is 1. The summed E-state index contributed by atoms with van der Waals surface area (Å²) in [5.74, 6) is -0.906. The van der Waals surface area contributed by atoms with Gasteiger partial charge in [0.1, 0.15) is 5.75 Å². The molecule has 0 atom stereocenters. The molecular formula is C14H11BrN2O4. The van der Waals surface area contributed by atoms with Gasteiger partial charge in [-0.2, -0.15) is 0 Å². The number of carbonyl (C=O) groups excluding carboxylic acids is 1. The van der Waals surface area contributed by atoms with Gasteiger partial charge in [-0.15, -0.1) is 0 Å². The summed E-state index contributed by atoms with van der Waals surface area (Å²) in [5, 5.41) is 23.1. The normalized spacial score (nSPS) is 10.2. The molecule has 2 rings (SSSR count). The maximum atomic E-state index is 12.2. The van der Waals surface area contributed by atoms with Crippen molar-refractivity contribution in [3.8, 4) is 5.75 Å². The second kappa shape index (κ2) is 5.92. The van der Waals surface area contributed by atoms with Gasteiger partial charge in [0.2, 0.25) is 0 Å². The van der Waals surface area contributed by atoms with E-state index < -0.39 is 10.8 Å². The zero-order valence-corrected chi connectivity index (χ0v) is 12.5. The molecule has 0 aromatic heterocycles. The fraction of sp³-hybridized carbons (Fsp3) is 0.0714. The molecular weight excluding hydrogens is 340 g/mol. The molecule has 0 aliphatic heterocycles. The number of nitro benzene ring substituents is 1. The number of para-hydroxylation sites is 1.